The smallest absolute Gasteiger partial charge is 0.263 e. The third kappa shape index (κ3) is 3.15. The van der Waals surface area contributed by atoms with Gasteiger partial charge in [-0.3, -0.25) is 14.2 Å². The number of piperazine rings is 1. The molecule has 3 heterocycles. The van der Waals surface area contributed by atoms with Crippen molar-refractivity contribution in [3.63, 3.8) is 0 Å². The van der Waals surface area contributed by atoms with Crippen molar-refractivity contribution in [1.29, 1.82) is 0 Å². The second-order valence-corrected chi connectivity index (χ2v) is 7.57. The van der Waals surface area contributed by atoms with Crippen LogP contribution in [0.15, 0.2) is 46.8 Å². The molecule has 134 valence electrons. The molecule has 0 saturated carbocycles. The largest absolute Gasteiger partial charge is 0.334 e. The van der Waals surface area contributed by atoms with Gasteiger partial charge in [0.15, 0.2) is 0 Å². The average Bonchev–Trinajstić information content (AvgIpc) is 3.10. The highest BCUT2D eigenvalue weighted by Gasteiger charge is 2.22. The van der Waals surface area contributed by atoms with Gasteiger partial charge in [-0.1, -0.05) is 30.3 Å². The summed E-state index contributed by atoms with van der Waals surface area (Å²) in [6.45, 7) is 3.41. The Labute approximate surface area is 155 Å². The first-order chi connectivity index (χ1) is 12.6. The number of quaternary nitrogens is 1. The fourth-order valence-corrected chi connectivity index (χ4v) is 4.20. The predicted molar refractivity (Wildman–Crippen MR) is 103 cm³/mol. The Bertz CT molecular complexity index is 988. The maximum Gasteiger partial charge on any atom is 0.263 e. The Morgan fingerprint density at radius 3 is 2.69 bits per heavy atom. The summed E-state index contributed by atoms with van der Waals surface area (Å²) in [5.74, 6) is -0.0164. The van der Waals surface area contributed by atoms with Crippen LogP contribution in [0.4, 0.5) is 0 Å². The van der Waals surface area contributed by atoms with Gasteiger partial charge < -0.3 is 9.80 Å². The van der Waals surface area contributed by atoms with Gasteiger partial charge in [0.2, 0.25) is 5.91 Å². The van der Waals surface area contributed by atoms with E-state index in [1.807, 2.05) is 40.6 Å². The third-order valence-electron chi connectivity index (χ3n) is 4.92. The lowest BCUT2D eigenvalue weighted by atomic mass is 10.1. The average molecular weight is 369 g/mol. The van der Waals surface area contributed by atoms with E-state index in [0.29, 0.717) is 10.2 Å². The highest BCUT2D eigenvalue weighted by Crippen LogP contribution is 2.30. The van der Waals surface area contributed by atoms with Crippen LogP contribution in [0, 0.1) is 0 Å². The molecule has 0 atom stereocenters. The number of nitrogens with one attached hydrogen (secondary N) is 1. The number of fused-ring (bicyclic) bond motifs is 1. The van der Waals surface area contributed by atoms with Crippen molar-refractivity contribution in [2.75, 3.05) is 33.2 Å². The van der Waals surface area contributed by atoms with Crippen molar-refractivity contribution in [3.05, 3.63) is 52.4 Å². The fraction of sp³-hybridized carbons (Fsp3) is 0.316. The molecular weight excluding hydrogens is 348 g/mol. The van der Waals surface area contributed by atoms with Crippen molar-refractivity contribution in [2.24, 2.45) is 0 Å². The van der Waals surface area contributed by atoms with E-state index in [9.17, 15) is 9.59 Å². The molecule has 0 unspecified atom stereocenters. The molecule has 1 N–H and O–H groups in total. The van der Waals surface area contributed by atoms with E-state index in [1.165, 1.54) is 27.1 Å². The summed E-state index contributed by atoms with van der Waals surface area (Å²) in [5, 5.41) is 2.56. The zero-order valence-corrected chi connectivity index (χ0v) is 15.5. The van der Waals surface area contributed by atoms with Crippen LogP contribution in [0.5, 0.6) is 0 Å². The van der Waals surface area contributed by atoms with Gasteiger partial charge in [-0.05, 0) is 5.56 Å². The van der Waals surface area contributed by atoms with Crippen molar-refractivity contribution in [2.45, 2.75) is 6.54 Å². The summed E-state index contributed by atoms with van der Waals surface area (Å²) in [6.07, 6.45) is 1.50. The number of hydrogen-bond donors (Lipinski definition) is 1. The molecule has 7 heteroatoms. The predicted octanol–water partition coefficient (Wildman–Crippen LogP) is 0.482. The maximum absolute atomic E-state index is 13.0. The summed E-state index contributed by atoms with van der Waals surface area (Å²) in [7, 11) is 2.13. The van der Waals surface area contributed by atoms with Gasteiger partial charge in [-0.25, -0.2) is 4.98 Å². The minimum atomic E-state index is -0.150. The Morgan fingerprint density at radius 2 is 1.96 bits per heavy atom. The second-order valence-electron chi connectivity index (χ2n) is 6.71. The minimum Gasteiger partial charge on any atom is -0.334 e. The lowest BCUT2D eigenvalue weighted by Gasteiger charge is -2.30. The Balaban J connectivity index is 1.65. The van der Waals surface area contributed by atoms with Gasteiger partial charge in [0.1, 0.15) is 11.4 Å². The number of nitrogens with zero attached hydrogens (tertiary/aromatic N) is 3. The van der Waals surface area contributed by atoms with Gasteiger partial charge in [-0.15, -0.1) is 11.3 Å². The van der Waals surface area contributed by atoms with E-state index in [-0.39, 0.29) is 18.0 Å². The maximum atomic E-state index is 13.0. The molecule has 1 aliphatic heterocycles. The van der Waals surface area contributed by atoms with Crippen LogP contribution in [0.25, 0.3) is 21.3 Å². The van der Waals surface area contributed by atoms with E-state index in [4.69, 9.17) is 0 Å². The van der Waals surface area contributed by atoms with E-state index in [0.717, 1.165) is 37.3 Å². The Kier molecular flexibility index (Phi) is 4.57. The molecule has 26 heavy (non-hydrogen) atoms. The number of rotatable bonds is 3. The van der Waals surface area contributed by atoms with Gasteiger partial charge in [-0.2, -0.15) is 0 Å². The zero-order chi connectivity index (χ0) is 18.1. The molecular formula is C19H21N4O2S+. The number of carbonyl (C=O) groups excluding carboxylic acids is 1. The van der Waals surface area contributed by atoms with E-state index in [1.54, 1.807) is 0 Å². The summed E-state index contributed by atoms with van der Waals surface area (Å²) in [4.78, 5) is 34.0. The molecule has 0 aliphatic carbocycles. The summed E-state index contributed by atoms with van der Waals surface area (Å²) in [6, 6.07) is 9.82. The zero-order valence-electron chi connectivity index (χ0n) is 14.6. The summed E-state index contributed by atoms with van der Waals surface area (Å²) in [5.41, 5.74) is 1.72. The minimum absolute atomic E-state index is 0.0164. The van der Waals surface area contributed by atoms with Crippen molar-refractivity contribution in [1.82, 2.24) is 14.5 Å². The quantitative estimate of drug-likeness (QED) is 0.731. The number of amides is 1. The topological polar surface area (TPSA) is 59.6 Å². The van der Waals surface area contributed by atoms with Gasteiger partial charge in [0.25, 0.3) is 5.56 Å². The lowest BCUT2D eigenvalue weighted by Crippen LogP contribution is -3.12. The molecule has 2 aromatic heterocycles. The van der Waals surface area contributed by atoms with Crippen LogP contribution in [-0.4, -0.2) is 53.6 Å². The third-order valence-corrected chi connectivity index (χ3v) is 5.81. The molecule has 1 aliphatic rings. The normalized spacial score (nSPS) is 15.5. The molecule has 1 aromatic carbocycles. The first-order valence-electron chi connectivity index (χ1n) is 8.74. The monoisotopic (exact) mass is 369 g/mol. The van der Waals surface area contributed by atoms with Crippen LogP contribution in [-0.2, 0) is 11.3 Å². The second kappa shape index (κ2) is 7.01. The molecule has 0 radical (unpaired) electrons. The molecule has 0 spiro atoms. The van der Waals surface area contributed by atoms with E-state index in [2.05, 4.69) is 12.0 Å². The molecule has 1 amide bonds. The van der Waals surface area contributed by atoms with Crippen LogP contribution in [0.3, 0.4) is 0 Å². The van der Waals surface area contributed by atoms with Gasteiger partial charge in [0.05, 0.1) is 44.9 Å². The summed E-state index contributed by atoms with van der Waals surface area (Å²) < 4.78 is 1.44. The van der Waals surface area contributed by atoms with Crippen LogP contribution < -0.4 is 10.5 Å². The van der Waals surface area contributed by atoms with Crippen molar-refractivity contribution in [3.8, 4) is 11.1 Å². The molecule has 4 rings (SSSR count). The number of benzene rings is 1. The number of hydrogen-bond acceptors (Lipinski definition) is 4. The van der Waals surface area contributed by atoms with Crippen LogP contribution in [0.2, 0.25) is 0 Å². The van der Waals surface area contributed by atoms with Crippen LogP contribution >= 0.6 is 11.3 Å². The van der Waals surface area contributed by atoms with Gasteiger partial charge in [0, 0.05) is 10.9 Å². The fourth-order valence-electron chi connectivity index (χ4n) is 3.29. The van der Waals surface area contributed by atoms with Crippen molar-refractivity contribution < 1.29 is 9.69 Å². The highest BCUT2D eigenvalue weighted by atomic mass is 32.1. The first-order valence-corrected chi connectivity index (χ1v) is 9.62. The molecule has 0 bridgehead atoms. The van der Waals surface area contributed by atoms with E-state index < -0.39 is 0 Å². The van der Waals surface area contributed by atoms with Gasteiger partial charge >= 0.3 is 0 Å². The number of likely N-dealkylation sites (N-methyl/N-ethyl adjacent to an activating group) is 1. The first kappa shape index (κ1) is 16.9. The van der Waals surface area contributed by atoms with E-state index >= 15 is 0 Å². The highest BCUT2D eigenvalue weighted by molar-refractivity contribution is 7.17. The van der Waals surface area contributed by atoms with Crippen LogP contribution in [0.1, 0.15) is 0 Å². The summed E-state index contributed by atoms with van der Waals surface area (Å²) >= 11 is 1.46. The Hall–Kier alpha value is -2.51. The molecule has 6 nitrogen and oxygen atoms in total. The Morgan fingerprint density at radius 1 is 1.23 bits per heavy atom. The molecule has 3 aromatic rings. The number of carbonyl (C=O) groups is 1. The lowest BCUT2D eigenvalue weighted by molar-refractivity contribution is -0.883. The molecule has 1 saturated heterocycles. The number of thiophene rings is 1. The van der Waals surface area contributed by atoms with Crippen molar-refractivity contribution >= 4 is 27.5 Å². The standard InChI is InChI=1S/C19H20N4O2S/c1-21-7-9-22(10-8-21)16(24)11-23-13-20-18-17(19(23)25)15(12-26-18)14-5-3-2-4-6-14/h2-6,12-13H,7-11H2,1H3/p+1. The SMILES string of the molecule is C[NH+]1CCN(C(=O)Cn2cnc3scc(-c4ccccc4)c3c2=O)CC1. The number of aromatic nitrogens is 2. The molecule has 1 fully saturated rings.